The Balaban J connectivity index is 0.000000606. The lowest BCUT2D eigenvalue weighted by Gasteiger charge is -2.22. The molecule has 0 saturated carbocycles. The summed E-state index contributed by atoms with van der Waals surface area (Å²) in [5.74, 6) is 0. The van der Waals surface area contributed by atoms with Crippen molar-refractivity contribution in [2.45, 2.75) is 60.8 Å². The van der Waals surface area contributed by atoms with Crippen molar-refractivity contribution in [2.24, 2.45) is 0 Å². The highest BCUT2D eigenvalue weighted by molar-refractivity contribution is 7.00. The molecular weight excluding hydrogens is 384 g/mol. The summed E-state index contributed by atoms with van der Waals surface area (Å²) < 4.78 is 9.05. The van der Waals surface area contributed by atoms with E-state index in [2.05, 4.69) is 85.0 Å². The van der Waals surface area contributed by atoms with E-state index in [-0.39, 0.29) is 5.41 Å². The Morgan fingerprint density at radius 2 is 1.23 bits per heavy atom. The Morgan fingerprint density at radius 3 is 1.93 bits per heavy atom. The molecule has 5 rings (SSSR count). The molecule has 0 N–H and O–H groups in total. The van der Waals surface area contributed by atoms with Crippen molar-refractivity contribution < 1.29 is 0 Å². The van der Waals surface area contributed by atoms with Gasteiger partial charge in [-0.3, -0.25) is 0 Å². The molecule has 0 atom stereocenters. The molecule has 0 radical (unpaired) electrons. The van der Waals surface area contributed by atoms with Crippen molar-refractivity contribution in [3.8, 4) is 22.3 Å². The molecule has 0 bridgehead atoms. The summed E-state index contributed by atoms with van der Waals surface area (Å²) in [6.45, 7) is 16.9. The maximum atomic E-state index is 4.57. The van der Waals surface area contributed by atoms with Gasteiger partial charge in [0.1, 0.15) is 11.0 Å². The van der Waals surface area contributed by atoms with Crippen molar-refractivity contribution in [3.63, 3.8) is 0 Å². The standard InChI is InChI=1S/C23H20N2S.2C2H6/c1-13-5-8-17-18-10-7-15(12-20(18)23(3,4)19(17)11-13)16-9-6-14(2)21-22(16)25-26-24-21;2*1-2/h5-12H,1-4H3;2*1-2H3. The van der Waals surface area contributed by atoms with Gasteiger partial charge in [-0.25, -0.2) is 0 Å². The zero-order valence-electron chi connectivity index (χ0n) is 19.4. The lowest BCUT2D eigenvalue weighted by atomic mass is 9.81. The van der Waals surface area contributed by atoms with E-state index in [1.807, 2.05) is 27.7 Å². The zero-order valence-corrected chi connectivity index (χ0v) is 20.2. The van der Waals surface area contributed by atoms with Gasteiger partial charge in [-0.1, -0.05) is 89.6 Å². The van der Waals surface area contributed by atoms with Crippen LogP contribution in [0.3, 0.4) is 0 Å². The number of nitrogens with zero attached hydrogens (tertiary/aromatic N) is 2. The van der Waals surface area contributed by atoms with Crippen LogP contribution in [-0.2, 0) is 5.41 Å². The zero-order chi connectivity index (χ0) is 22.1. The van der Waals surface area contributed by atoms with Crippen LogP contribution < -0.4 is 0 Å². The summed E-state index contributed by atoms with van der Waals surface area (Å²) in [5.41, 5.74) is 12.5. The minimum atomic E-state index is 0.0107. The van der Waals surface area contributed by atoms with Gasteiger partial charge in [-0.2, -0.15) is 8.75 Å². The van der Waals surface area contributed by atoms with Crippen LogP contribution in [-0.4, -0.2) is 8.75 Å². The normalized spacial score (nSPS) is 12.9. The van der Waals surface area contributed by atoms with Gasteiger partial charge in [-0.05, 0) is 53.3 Å². The second kappa shape index (κ2) is 8.69. The average molecular weight is 417 g/mol. The summed E-state index contributed by atoms with van der Waals surface area (Å²) in [7, 11) is 0. The van der Waals surface area contributed by atoms with Gasteiger partial charge in [0.25, 0.3) is 0 Å². The summed E-state index contributed by atoms with van der Waals surface area (Å²) in [4.78, 5) is 0. The predicted octanol–water partition coefficient (Wildman–Crippen LogP) is 8.33. The highest BCUT2D eigenvalue weighted by atomic mass is 32.1. The summed E-state index contributed by atoms with van der Waals surface area (Å²) >= 11 is 1.29. The quantitative estimate of drug-likeness (QED) is 0.311. The molecule has 2 nitrogen and oxygen atoms in total. The van der Waals surface area contributed by atoms with E-state index >= 15 is 0 Å². The Hall–Kier alpha value is -2.52. The minimum Gasteiger partial charge on any atom is -0.173 e. The van der Waals surface area contributed by atoms with Crippen LogP contribution in [0, 0.1) is 13.8 Å². The molecule has 0 fully saturated rings. The second-order valence-corrected chi connectivity index (χ2v) is 8.35. The first-order valence-corrected chi connectivity index (χ1v) is 11.7. The van der Waals surface area contributed by atoms with E-state index in [1.54, 1.807) is 0 Å². The number of hydrogen-bond acceptors (Lipinski definition) is 3. The Morgan fingerprint density at radius 1 is 0.667 bits per heavy atom. The minimum absolute atomic E-state index is 0.0107. The number of aryl methyl sites for hydroxylation is 2. The molecule has 1 heterocycles. The van der Waals surface area contributed by atoms with Crippen LogP contribution in [0.2, 0.25) is 0 Å². The van der Waals surface area contributed by atoms with Gasteiger partial charge in [-0.15, -0.1) is 0 Å². The van der Waals surface area contributed by atoms with E-state index in [9.17, 15) is 0 Å². The Kier molecular flexibility index (Phi) is 6.42. The predicted molar refractivity (Wildman–Crippen MR) is 133 cm³/mol. The molecule has 0 unspecified atom stereocenters. The van der Waals surface area contributed by atoms with E-state index in [4.69, 9.17) is 0 Å². The fraction of sp³-hybridized carbons (Fsp3) is 0.333. The molecule has 156 valence electrons. The number of rotatable bonds is 1. The van der Waals surface area contributed by atoms with Crippen molar-refractivity contribution in [3.05, 3.63) is 70.8 Å². The highest BCUT2D eigenvalue weighted by Crippen LogP contribution is 2.50. The number of benzene rings is 3. The molecule has 4 aromatic rings. The molecule has 30 heavy (non-hydrogen) atoms. The van der Waals surface area contributed by atoms with Crippen LogP contribution in [0.4, 0.5) is 0 Å². The second-order valence-electron chi connectivity index (χ2n) is 7.83. The molecule has 1 aliphatic carbocycles. The van der Waals surface area contributed by atoms with Gasteiger partial charge >= 0.3 is 0 Å². The van der Waals surface area contributed by atoms with Crippen molar-refractivity contribution >= 4 is 22.8 Å². The van der Waals surface area contributed by atoms with Crippen LogP contribution in [0.5, 0.6) is 0 Å². The Labute approximate surface area is 185 Å². The molecule has 3 aromatic carbocycles. The molecule has 1 aromatic heterocycles. The maximum absolute atomic E-state index is 4.57. The maximum Gasteiger partial charge on any atom is 0.112 e. The number of hydrogen-bond donors (Lipinski definition) is 0. The third-order valence-corrected chi connectivity index (χ3v) is 6.29. The van der Waals surface area contributed by atoms with E-state index in [1.165, 1.54) is 56.2 Å². The van der Waals surface area contributed by atoms with E-state index in [0.717, 1.165) is 11.0 Å². The van der Waals surface area contributed by atoms with Gasteiger partial charge in [0.05, 0.1) is 11.7 Å². The van der Waals surface area contributed by atoms with E-state index in [0.29, 0.717) is 0 Å². The lowest BCUT2D eigenvalue weighted by Crippen LogP contribution is -2.15. The molecule has 0 aliphatic heterocycles. The first-order valence-electron chi connectivity index (χ1n) is 10.9. The van der Waals surface area contributed by atoms with Crippen LogP contribution in [0.1, 0.15) is 63.8 Å². The van der Waals surface area contributed by atoms with Gasteiger partial charge < -0.3 is 0 Å². The average Bonchev–Trinajstić information content (AvgIpc) is 3.34. The third-order valence-electron chi connectivity index (χ3n) is 5.76. The highest BCUT2D eigenvalue weighted by Gasteiger charge is 2.35. The summed E-state index contributed by atoms with van der Waals surface area (Å²) in [5, 5.41) is 0. The van der Waals surface area contributed by atoms with Gasteiger partial charge in [0.2, 0.25) is 0 Å². The fourth-order valence-corrected chi connectivity index (χ4v) is 4.86. The first-order chi connectivity index (χ1) is 14.5. The van der Waals surface area contributed by atoms with Crippen molar-refractivity contribution in [1.29, 1.82) is 0 Å². The van der Waals surface area contributed by atoms with Crippen molar-refractivity contribution in [1.82, 2.24) is 8.75 Å². The SMILES string of the molecule is CC.CC.Cc1ccc2c(c1)C(C)(C)c1cc(-c3ccc(C)c4nsnc34)ccc1-2. The molecule has 0 amide bonds. The number of aromatic nitrogens is 2. The van der Waals surface area contributed by atoms with Gasteiger partial charge in [0, 0.05) is 11.0 Å². The third kappa shape index (κ3) is 3.45. The van der Waals surface area contributed by atoms with Crippen LogP contribution in [0.15, 0.2) is 48.5 Å². The molecule has 3 heteroatoms. The molecular formula is C27H32N2S. The summed E-state index contributed by atoms with van der Waals surface area (Å²) in [6.07, 6.45) is 0. The van der Waals surface area contributed by atoms with Gasteiger partial charge in [0.15, 0.2) is 0 Å². The Bertz CT molecular complexity index is 1180. The monoisotopic (exact) mass is 416 g/mol. The van der Waals surface area contributed by atoms with Crippen molar-refractivity contribution in [2.75, 3.05) is 0 Å². The fourth-order valence-electron chi connectivity index (χ4n) is 4.24. The molecule has 0 saturated heterocycles. The topological polar surface area (TPSA) is 25.8 Å². The largest absolute Gasteiger partial charge is 0.173 e. The lowest BCUT2D eigenvalue weighted by molar-refractivity contribution is 0.660. The van der Waals surface area contributed by atoms with E-state index < -0.39 is 0 Å². The number of fused-ring (bicyclic) bond motifs is 4. The molecule has 0 spiro atoms. The smallest absolute Gasteiger partial charge is 0.112 e. The van der Waals surface area contributed by atoms with Crippen LogP contribution >= 0.6 is 11.7 Å². The summed E-state index contributed by atoms with van der Waals surface area (Å²) in [6, 6.07) is 18.0. The van der Waals surface area contributed by atoms with Crippen LogP contribution in [0.25, 0.3) is 33.3 Å². The molecule has 1 aliphatic rings. The first kappa shape index (κ1) is 22.2.